The van der Waals surface area contributed by atoms with E-state index >= 15 is 0 Å². The van der Waals surface area contributed by atoms with Crippen LogP contribution in [0.15, 0.2) is 28.7 Å². The summed E-state index contributed by atoms with van der Waals surface area (Å²) < 4.78 is 10.7. The van der Waals surface area contributed by atoms with Crippen molar-refractivity contribution >= 4 is 0 Å². The van der Waals surface area contributed by atoms with Gasteiger partial charge in [0.1, 0.15) is 5.75 Å². The Hall–Kier alpha value is -1.84. The van der Waals surface area contributed by atoms with Gasteiger partial charge in [0.25, 0.3) is 0 Å². The summed E-state index contributed by atoms with van der Waals surface area (Å²) in [5, 5.41) is 7.73. The number of rotatable bonds is 3. The number of hydrogen-bond donors (Lipinski definition) is 0. The van der Waals surface area contributed by atoms with Crippen molar-refractivity contribution in [1.29, 1.82) is 0 Å². The van der Waals surface area contributed by atoms with E-state index in [9.17, 15) is 0 Å². The molecule has 78 valence electrons. The normalized spacial score (nSPS) is 10.3. The first kappa shape index (κ1) is 9.71. The Bertz CT molecular complexity index is 451. The molecular weight excluding hydrogens is 192 g/mol. The van der Waals surface area contributed by atoms with Crippen molar-refractivity contribution < 1.29 is 9.15 Å². The molecule has 1 heterocycles. The van der Waals surface area contributed by atoms with Gasteiger partial charge in [-0.2, -0.15) is 0 Å². The molecule has 0 aliphatic heterocycles. The zero-order valence-corrected chi connectivity index (χ0v) is 8.73. The fraction of sp³-hybridized carbons (Fsp3) is 0.273. The van der Waals surface area contributed by atoms with E-state index in [1.54, 1.807) is 6.92 Å². The minimum Gasteiger partial charge on any atom is -0.494 e. The molecule has 0 N–H and O–H groups in total. The van der Waals surface area contributed by atoms with Crippen LogP contribution in [0, 0.1) is 6.92 Å². The number of nitrogens with zero attached hydrogens (tertiary/aromatic N) is 2. The number of aromatic nitrogens is 2. The van der Waals surface area contributed by atoms with Gasteiger partial charge in [-0.15, -0.1) is 10.2 Å². The van der Waals surface area contributed by atoms with Crippen molar-refractivity contribution in [1.82, 2.24) is 10.2 Å². The minimum absolute atomic E-state index is 0.522. The first-order chi connectivity index (χ1) is 7.29. The third-order valence-corrected chi connectivity index (χ3v) is 1.92. The Morgan fingerprint density at radius 1 is 1.33 bits per heavy atom. The highest BCUT2D eigenvalue weighted by molar-refractivity contribution is 5.55. The Kier molecular flexibility index (Phi) is 2.67. The lowest BCUT2D eigenvalue weighted by atomic mass is 10.2. The van der Waals surface area contributed by atoms with Crippen LogP contribution < -0.4 is 4.74 Å². The molecule has 0 radical (unpaired) electrons. The Labute approximate surface area is 87.9 Å². The van der Waals surface area contributed by atoms with Crippen LogP contribution in [-0.4, -0.2) is 16.8 Å². The second-order valence-electron chi connectivity index (χ2n) is 3.09. The molecule has 15 heavy (non-hydrogen) atoms. The molecule has 0 aliphatic rings. The third kappa shape index (κ3) is 2.15. The second kappa shape index (κ2) is 4.13. The van der Waals surface area contributed by atoms with E-state index in [0.717, 1.165) is 11.3 Å². The monoisotopic (exact) mass is 204 g/mol. The van der Waals surface area contributed by atoms with Gasteiger partial charge in [0, 0.05) is 12.5 Å². The predicted octanol–water partition coefficient (Wildman–Crippen LogP) is 2.44. The van der Waals surface area contributed by atoms with Crippen LogP contribution in [0.5, 0.6) is 5.75 Å². The fourth-order valence-corrected chi connectivity index (χ4v) is 1.30. The van der Waals surface area contributed by atoms with Crippen molar-refractivity contribution in [2.24, 2.45) is 0 Å². The molecule has 0 aliphatic carbocycles. The first-order valence-corrected chi connectivity index (χ1v) is 4.83. The van der Waals surface area contributed by atoms with Crippen molar-refractivity contribution in [2.75, 3.05) is 6.61 Å². The van der Waals surface area contributed by atoms with Crippen LogP contribution in [0.1, 0.15) is 12.8 Å². The maximum absolute atomic E-state index is 5.38. The summed E-state index contributed by atoms with van der Waals surface area (Å²) in [6.45, 7) is 4.36. The molecule has 1 aromatic carbocycles. The van der Waals surface area contributed by atoms with Crippen LogP contribution in [0.25, 0.3) is 11.5 Å². The molecule has 0 saturated heterocycles. The van der Waals surface area contributed by atoms with E-state index in [1.807, 2.05) is 31.2 Å². The quantitative estimate of drug-likeness (QED) is 0.770. The molecule has 4 nitrogen and oxygen atoms in total. The average Bonchev–Trinajstić information content (AvgIpc) is 2.66. The van der Waals surface area contributed by atoms with Gasteiger partial charge in [0.2, 0.25) is 11.8 Å². The van der Waals surface area contributed by atoms with Crippen LogP contribution in [0.4, 0.5) is 0 Å². The van der Waals surface area contributed by atoms with Crippen LogP contribution in [-0.2, 0) is 0 Å². The largest absolute Gasteiger partial charge is 0.494 e. The van der Waals surface area contributed by atoms with E-state index in [4.69, 9.17) is 9.15 Å². The molecule has 0 amide bonds. The molecule has 4 heteroatoms. The number of hydrogen-bond acceptors (Lipinski definition) is 4. The van der Waals surface area contributed by atoms with E-state index in [0.29, 0.717) is 18.4 Å². The number of aryl methyl sites for hydroxylation is 1. The zero-order valence-electron chi connectivity index (χ0n) is 8.73. The molecule has 0 atom stereocenters. The lowest BCUT2D eigenvalue weighted by Gasteiger charge is -2.02. The third-order valence-electron chi connectivity index (χ3n) is 1.92. The van der Waals surface area contributed by atoms with Crippen molar-refractivity contribution in [3.63, 3.8) is 0 Å². The molecule has 2 rings (SSSR count). The molecule has 0 unspecified atom stereocenters. The van der Waals surface area contributed by atoms with E-state index in [-0.39, 0.29) is 0 Å². The van der Waals surface area contributed by atoms with Gasteiger partial charge in [0.05, 0.1) is 6.61 Å². The molecule has 1 aromatic heterocycles. The van der Waals surface area contributed by atoms with Crippen LogP contribution in [0.3, 0.4) is 0 Å². The fourth-order valence-electron chi connectivity index (χ4n) is 1.30. The van der Waals surface area contributed by atoms with Crippen molar-refractivity contribution in [3.8, 4) is 17.2 Å². The van der Waals surface area contributed by atoms with Gasteiger partial charge in [-0.05, 0) is 25.1 Å². The summed E-state index contributed by atoms with van der Waals surface area (Å²) in [6.07, 6.45) is 0. The zero-order chi connectivity index (χ0) is 10.7. The maximum Gasteiger partial charge on any atom is 0.247 e. The maximum atomic E-state index is 5.38. The molecule has 0 saturated carbocycles. The van der Waals surface area contributed by atoms with E-state index in [2.05, 4.69) is 10.2 Å². The summed E-state index contributed by atoms with van der Waals surface area (Å²) in [6, 6.07) is 7.60. The second-order valence-corrected chi connectivity index (χ2v) is 3.09. The van der Waals surface area contributed by atoms with Crippen molar-refractivity contribution in [3.05, 3.63) is 30.2 Å². The van der Waals surface area contributed by atoms with Gasteiger partial charge < -0.3 is 9.15 Å². The highest BCUT2D eigenvalue weighted by Gasteiger charge is 2.06. The van der Waals surface area contributed by atoms with Crippen molar-refractivity contribution in [2.45, 2.75) is 13.8 Å². The van der Waals surface area contributed by atoms with Gasteiger partial charge in [-0.25, -0.2) is 0 Å². The first-order valence-electron chi connectivity index (χ1n) is 4.83. The lowest BCUT2D eigenvalue weighted by molar-refractivity contribution is 0.340. The van der Waals surface area contributed by atoms with E-state index < -0.39 is 0 Å². The van der Waals surface area contributed by atoms with Gasteiger partial charge in [0.15, 0.2) is 0 Å². The summed E-state index contributed by atoms with van der Waals surface area (Å²) in [7, 11) is 0. The highest BCUT2D eigenvalue weighted by Crippen LogP contribution is 2.22. The van der Waals surface area contributed by atoms with Crippen LogP contribution in [0.2, 0.25) is 0 Å². The lowest BCUT2D eigenvalue weighted by Crippen LogP contribution is -1.91. The molecule has 0 spiro atoms. The van der Waals surface area contributed by atoms with Gasteiger partial charge in [-0.3, -0.25) is 0 Å². The Morgan fingerprint density at radius 2 is 2.20 bits per heavy atom. The molecule has 0 bridgehead atoms. The summed E-state index contributed by atoms with van der Waals surface area (Å²) >= 11 is 0. The number of benzene rings is 1. The smallest absolute Gasteiger partial charge is 0.247 e. The SMILES string of the molecule is CCOc1cccc(-c2nnc(C)o2)c1. The highest BCUT2D eigenvalue weighted by atomic mass is 16.5. The minimum atomic E-state index is 0.522. The molecule has 2 aromatic rings. The standard InChI is InChI=1S/C11H12N2O2/c1-3-14-10-6-4-5-9(7-10)11-13-12-8(2)15-11/h4-7H,3H2,1-2H3. The van der Waals surface area contributed by atoms with Crippen LogP contribution >= 0.6 is 0 Å². The summed E-state index contributed by atoms with van der Waals surface area (Å²) in [5.74, 6) is 1.90. The summed E-state index contributed by atoms with van der Waals surface area (Å²) in [4.78, 5) is 0. The molecular formula is C11H12N2O2. The average molecular weight is 204 g/mol. The Balaban J connectivity index is 2.32. The number of ether oxygens (including phenoxy) is 1. The Morgan fingerprint density at radius 3 is 2.87 bits per heavy atom. The van der Waals surface area contributed by atoms with Gasteiger partial charge in [-0.1, -0.05) is 6.07 Å². The van der Waals surface area contributed by atoms with Gasteiger partial charge >= 0.3 is 0 Å². The topological polar surface area (TPSA) is 48.2 Å². The summed E-state index contributed by atoms with van der Waals surface area (Å²) in [5.41, 5.74) is 0.876. The molecule has 0 fully saturated rings. The predicted molar refractivity (Wildman–Crippen MR) is 55.6 cm³/mol. The van der Waals surface area contributed by atoms with E-state index in [1.165, 1.54) is 0 Å².